The molecule has 0 aliphatic heterocycles. The number of methoxy groups -OCH3 is 1. The molecule has 21 heavy (non-hydrogen) atoms. The van der Waals surface area contributed by atoms with Crippen LogP contribution in [0.15, 0.2) is 24.3 Å². The zero-order valence-corrected chi connectivity index (χ0v) is 11.9. The monoisotopic (exact) mass is 293 g/mol. The van der Waals surface area contributed by atoms with Crippen LogP contribution >= 0.6 is 0 Å². The van der Waals surface area contributed by atoms with Crippen molar-refractivity contribution < 1.29 is 24.2 Å². The summed E-state index contributed by atoms with van der Waals surface area (Å²) >= 11 is 0. The fourth-order valence-corrected chi connectivity index (χ4v) is 2.50. The summed E-state index contributed by atoms with van der Waals surface area (Å²) in [6, 6.07) is 6.60. The number of carboxylic acids is 1. The Hall–Kier alpha value is -2.24. The van der Waals surface area contributed by atoms with Crippen LogP contribution in [0.2, 0.25) is 0 Å². The van der Waals surface area contributed by atoms with Gasteiger partial charge in [-0.3, -0.25) is 9.59 Å². The quantitative estimate of drug-likeness (QED) is 0.829. The Balaban J connectivity index is 1.80. The van der Waals surface area contributed by atoms with Crippen LogP contribution in [0.4, 0.5) is 0 Å². The molecule has 1 aromatic rings. The minimum Gasteiger partial charge on any atom is -0.497 e. The Morgan fingerprint density at radius 1 is 1.24 bits per heavy atom. The smallest absolute Gasteiger partial charge is 0.308 e. The summed E-state index contributed by atoms with van der Waals surface area (Å²) < 4.78 is 10.4. The van der Waals surface area contributed by atoms with Crippen LogP contribution in [0, 0.1) is 5.92 Å². The maximum atomic E-state index is 11.8. The number of ether oxygens (including phenoxy) is 2. The molecule has 1 aliphatic rings. The second kappa shape index (κ2) is 6.97. The summed E-state index contributed by atoms with van der Waals surface area (Å²) in [6.45, 7) is -0.130. The molecule has 1 aromatic carbocycles. The Kier molecular flexibility index (Phi) is 5.03. The summed E-state index contributed by atoms with van der Waals surface area (Å²) in [5.74, 6) is -0.373. The largest absolute Gasteiger partial charge is 0.497 e. The third-order valence-corrected chi connectivity index (χ3v) is 3.61. The lowest BCUT2D eigenvalue weighted by Crippen LogP contribution is -2.42. The van der Waals surface area contributed by atoms with Gasteiger partial charge in [-0.15, -0.1) is 0 Å². The maximum Gasteiger partial charge on any atom is 0.308 e. The molecule has 0 heterocycles. The van der Waals surface area contributed by atoms with Crippen molar-refractivity contribution >= 4 is 11.9 Å². The first-order chi connectivity index (χ1) is 10.1. The van der Waals surface area contributed by atoms with Gasteiger partial charge in [0.15, 0.2) is 6.61 Å². The summed E-state index contributed by atoms with van der Waals surface area (Å²) in [5.41, 5.74) is 0. The molecule has 2 rings (SSSR count). The van der Waals surface area contributed by atoms with E-state index in [0.29, 0.717) is 24.3 Å². The van der Waals surface area contributed by atoms with E-state index in [0.717, 1.165) is 6.42 Å². The molecule has 2 N–H and O–H groups in total. The van der Waals surface area contributed by atoms with E-state index >= 15 is 0 Å². The van der Waals surface area contributed by atoms with Gasteiger partial charge in [-0.1, -0.05) is 6.42 Å². The van der Waals surface area contributed by atoms with Crippen molar-refractivity contribution in [3.63, 3.8) is 0 Å². The summed E-state index contributed by atoms with van der Waals surface area (Å²) in [6.07, 6.45) is 2.13. The number of nitrogens with one attached hydrogen (secondary N) is 1. The van der Waals surface area contributed by atoms with Crippen LogP contribution in [0.1, 0.15) is 19.3 Å². The van der Waals surface area contributed by atoms with Gasteiger partial charge in [0.25, 0.3) is 5.91 Å². The van der Waals surface area contributed by atoms with Gasteiger partial charge in [0.2, 0.25) is 0 Å². The molecular formula is C15H19NO5. The maximum absolute atomic E-state index is 11.8. The molecule has 1 aliphatic carbocycles. The lowest BCUT2D eigenvalue weighted by molar-refractivity contribution is -0.142. The third kappa shape index (κ3) is 4.11. The van der Waals surface area contributed by atoms with E-state index in [-0.39, 0.29) is 18.6 Å². The van der Waals surface area contributed by atoms with Crippen molar-refractivity contribution in [3.8, 4) is 11.5 Å². The summed E-state index contributed by atoms with van der Waals surface area (Å²) in [4.78, 5) is 22.8. The molecule has 6 nitrogen and oxygen atoms in total. The van der Waals surface area contributed by atoms with Crippen molar-refractivity contribution in [3.05, 3.63) is 24.3 Å². The van der Waals surface area contributed by atoms with Crippen LogP contribution in [-0.4, -0.2) is 36.7 Å². The molecule has 0 unspecified atom stereocenters. The molecule has 1 fully saturated rings. The lowest BCUT2D eigenvalue weighted by Gasteiger charge is -2.17. The first kappa shape index (κ1) is 15.2. The van der Waals surface area contributed by atoms with E-state index in [1.54, 1.807) is 31.4 Å². The molecule has 1 saturated carbocycles. The SMILES string of the molecule is COc1ccc(OCC(=O)N[C@@H]2CCC[C@@H]2C(=O)O)cc1. The predicted octanol–water partition coefficient (Wildman–Crippen LogP) is 1.44. The van der Waals surface area contributed by atoms with E-state index in [9.17, 15) is 9.59 Å². The highest BCUT2D eigenvalue weighted by Crippen LogP contribution is 2.25. The third-order valence-electron chi connectivity index (χ3n) is 3.61. The Labute approximate surface area is 123 Å². The Morgan fingerprint density at radius 3 is 2.52 bits per heavy atom. The minimum atomic E-state index is -0.853. The average molecular weight is 293 g/mol. The van der Waals surface area contributed by atoms with Crippen molar-refractivity contribution in [1.29, 1.82) is 0 Å². The van der Waals surface area contributed by atoms with Crippen molar-refractivity contribution in [2.45, 2.75) is 25.3 Å². The molecular weight excluding hydrogens is 274 g/mol. The molecule has 1 amide bonds. The van der Waals surface area contributed by atoms with Gasteiger partial charge >= 0.3 is 5.97 Å². The Bertz CT molecular complexity index is 499. The van der Waals surface area contributed by atoms with Crippen molar-refractivity contribution in [2.24, 2.45) is 5.92 Å². The normalized spacial score (nSPS) is 20.8. The first-order valence-corrected chi connectivity index (χ1v) is 6.89. The highest BCUT2D eigenvalue weighted by Gasteiger charge is 2.33. The van der Waals surface area contributed by atoms with Gasteiger partial charge in [0.05, 0.1) is 13.0 Å². The molecule has 0 aromatic heterocycles. The Morgan fingerprint density at radius 2 is 1.90 bits per heavy atom. The lowest BCUT2D eigenvalue weighted by atomic mass is 10.0. The van der Waals surface area contributed by atoms with Gasteiger partial charge < -0.3 is 19.9 Å². The minimum absolute atomic E-state index is 0.130. The average Bonchev–Trinajstić information content (AvgIpc) is 2.94. The van der Waals surface area contributed by atoms with Crippen LogP contribution in [0.3, 0.4) is 0 Å². The molecule has 0 saturated heterocycles. The standard InChI is InChI=1S/C15H19NO5/c1-20-10-5-7-11(8-6-10)21-9-14(17)16-13-4-2-3-12(13)15(18)19/h5-8,12-13H,2-4,9H2,1H3,(H,16,17)(H,18,19)/t12-,13+/m0/s1. The fraction of sp³-hybridized carbons (Fsp3) is 0.467. The highest BCUT2D eigenvalue weighted by molar-refractivity contribution is 5.79. The van der Waals surface area contributed by atoms with E-state index in [2.05, 4.69) is 5.32 Å². The number of carboxylic acid groups (broad SMARTS) is 1. The molecule has 2 atom stereocenters. The number of hydrogen-bond donors (Lipinski definition) is 2. The van der Waals surface area contributed by atoms with Crippen LogP contribution < -0.4 is 14.8 Å². The number of hydrogen-bond acceptors (Lipinski definition) is 4. The van der Waals surface area contributed by atoms with E-state index in [1.165, 1.54) is 0 Å². The van der Waals surface area contributed by atoms with Crippen LogP contribution in [0.25, 0.3) is 0 Å². The van der Waals surface area contributed by atoms with Gasteiger partial charge in [0, 0.05) is 6.04 Å². The summed E-state index contributed by atoms with van der Waals surface area (Å²) in [7, 11) is 1.57. The second-order valence-electron chi connectivity index (χ2n) is 5.01. The van der Waals surface area contributed by atoms with Crippen molar-refractivity contribution in [2.75, 3.05) is 13.7 Å². The first-order valence-electron chi connectivity index (χ1n) is 6.89. The number of rotatable bonds is 6. The number of amides is 1. The van der Waals surface area contributed by atoms with E-state index in [4.69, 9.17) is 14.6 Å². The van der Waals surface area contributed by atoms with E-state index < -0.39 is 11.9 Å². The van der Waals surface area contributed by atoms with Gasteiger partial charge in [-0.25, -0.2) is 0 Å². The predicted molar refractivity (Wildman–Crippen MR) is 75.4 cm³/mol. The molecule has 0 spiro atoms. The van der Waals surface area contributed by atoms with Gasteiger partial charge in [-0.05, 0) is 37.1 Å². The topological polar surface area (TPSA) is 84.9 Å². The zero-order valence-electron chi connectivity index (χ0n) is 11.9. The number of benzene rings is 1. The number of carbonyl (C=O) groups excluding carboxylic acids is 1. The summed E-state index contributed by atoms with van der Waals surface area (Å²) in [5, 5.41) is 11.8. The van der Waals surface area contributed by atoms with Gasteiger partial charge in [-0.2, -0.15) is 0 Å². The van der Waals surface area contributed by atoms with E-state index in [1.807, 2.05) is 0 Å². The van der Waals surface area contributed by atoms with Crippen LogP contribution in [-0.2, 0) is 9.59 Å². The molecule has 6 heteroatoms. The van der Waals surface area contributed by atoms with Crippen molar-refractivity contribution in [1.82, 2.24) is 5.32 Å². The fourth-order valence-electron chi connectivity index (χ4n) is 2.50. The number of aliphatic carboxylic acids is 1. The van der Waals surface area contributed by atoms with Crippen LogP contribution in [0.5, 0.6) is 11.5 Å². The second-order valence-corrected chi connectivity index (χ2v) is 5.01. The molecule has 0 bridgehead atoms. The molecule has 114 valence electrons. The van der Waals surface area contributed by atoms with Gasteiger partial charge in [0.1, 0.15) is 11.5 Å². The highest BCUT2D eigenvalue weighted by atomic mass is 16.5. The number of carbonyl (C=O) groups is 2. The zero-order chi connectivity index (χ0) is 15.2. The molecule has 0 radical (unpaired) electrons.